The van der Waals surface area contributed by atoms with Crippen LogP contribution in [0, 0.1) is 5.92 Å². The number of hydrogen-bond donors (Lipinski definition) is 2. The van der Waals surface area contributed by atoms with Crippen molar-refractivity contribution in [3.63, 3.8) is 0 Å². The summed E-state index contributed by atoms with van der Waals surface area (Å²) < 4.78 is 13.1. The Hall–Kier alpha value is -3.29. The van der Waals surface area contributed by atoms with Crippen molar-refractivity contribution in [1.82, 2.24) is 10.2 Å². The van der Waals surface area contributed by atoms with E-state index in [2.05, 4.69) is 61.1 Å². The first kappa shape index (κ1) is 27.7. The first-order valence-electron chi connectivity index (χ1n) is 13.1. The van der Waals surface area contributed by atoms with Crippen molar-refractivity contribution in [2.45, 2.75) is 45.5 Å². The first-order chi connectivity index (χ1) is 18.4. The van der Waals surface area contributed by atoms with Gasteiger partial charge in [0.15, 0.2) is 6.29 Å². The van der Waals surface area contributed by atoms with Crippen LogP contribution in [0.5, 0.6) is 0 Å². The fraction of sp³-hybridized carbons (Fsp3) is 0.344. The highest BCUT2D eigenvalue weighted by atomic mass is 16.7. The highest BCUT2D eigenvalue weighted by Gasteiger charge is 2.38. The molecule has 0 spiro atoms. The van der Waals surface area contributed by atoms with Gasteiger partial charge in [0, 0.05) is 38.0 Å². The smallest absolute Gasteiger partial charge is 0.217 e. The lowest BCUT2D eigenvalue weighted by atomic mass is 9.90. The van der Waals surface area contributed by atoms with E-state index in [9.17, 15) is 9.90 Å². The van der Waals surface area contributed by atoms with Gasteiger partial charge in [-0.3, -0.25) is 4.79 Å². The molecule has 6 heteroatoms. The molecule has 1 amide bonds. The van der Waals surface area contributed by atoms with E-state index in [1.54, 1.807) is 0 Å². The Morgan fingerprint density at radius 3 is 2.37 bits per heavy atom. The van der Waals surface area contributed by atoms with Gasteiger partial charge in [0.2, 0.25) is 5.91 Å². The SMILES string of the molecule is C=CCN(C)CC1OC(c2ccc(-c3ccccc3CNC(C)=O)cc2)OC(c2ccc(CO)cc2)C1C. The predicted molar refractivity (Wildman–Crippen MR) is 150 cm³/mol. The Bertz CT molecular complexity index is 1210. The Morgan fingerprint density at radius 2 is 1.71 bits per heavy atom. The lowest BCUT2D eigenvalue weighted by Gasteiger charge is -2.42. The third-order valence-corrected chi connectivity index (χ3v) is 7.09. The summed E-state index contributed by atoms with van der Waals surface area (Å²) in [5.74, 6) is 0.0724. The van der Waals surface area contributed by atoms with Gasteiger partial charge in [0.25, 0.3) is 0 Å². The van der Waals surface area contributed by atoms with Crippen LogP contribution in [0.3, 0.4) is 0 Å². The van der Waals surface area contributed by atoms with Gasteiger partial charge in [0.1, 0.15) is 0 Å². The van der Waals surface area contributed by atoms with Gasteiger partial charge in [-0.1, -0.05) is 85.8 Å². The van der Waals surface area contributed by atoms with E-state index < -0.39 is 6.29 Å². The van der Waals surface area contributed by atoms with Crippen LogP contribution in [0.2, 0.25) is 0 Å². The van der Waals surface area contributed by atoms with Crippen LogP contribution in [-0.2, 0) is 27.4 Å². The Morgan fingerprint density at radius 1 is 1.03 bits per heavy atom. The molecule has 4 unspecified atom stereocenters. The van der Waals surface area contributed by atoms with E-state index in [0.717, 1.165) is 46.5 Å². The molecule has 4 rings (SSSR count). The maximum Gasteiger partial charge on any atom is 0.217 e. The van der Waals surface area contributed by atoms with Gasteiger partial charge in [-0.15, -0.1) is 6.58 Å². The highest BCUT2D eigenvalue weighted by Crippen LogP contribution is 2.42. The summed E-state index contributed by atoms with van der Waals surface area (Å²) in [6.45, 7) is 9.60. The number of carbonyl (C=O) groups excluding carboxylic acids is 1. The molecule has 6 nitrogen and oxygen atoms in total. The van der Waals surface area contributed by atoms with Crippen LogP contribution in [0.1, 0.15) is 48.5 Å². The van der Waals surface area contributed by atoms with Crippen LogP contribution in [-0.4, -0.2) is 42.2 Å². The lowest BCUT2D eigenvalue weighted by molar-refractivity contribution is -0.275. The number of ether oxygens (including phenoxy) is 2. The van der Waals surface area contributed by atoms with Crippen LogP contribution < -0.4 is 5.32 Å². The topological polar surface area (TPSA) is 71.0 Å². The molecule has 1 aliphatic heterocycles. The number of nitrogens with zero attached hydrogens (tertiary/aromatic N) is 1. The number of benzene rings is 3. The molecule has 1 aliphatic rings. The minimum Gasteiger partial charge on any atom is -0.392 e. The molecular formula is C32H38N2O4. The minimum absolute atomic E-state index is 0.0162. The molecule has 0 saturated carbocycles. The zero-order valence-electron chi connectivity index (χ0n) is 22.5. The van der Waals surface area contributed by atoms with Gasteiger partial charge in [-0.05, 0) is 34.9 Å². The molecular weight excluding hydrogens is 476 g/mol. The third-order valence-electron chi connectivity index (χ3n) is 7.09. The molecule has 3 aromatic carbocycles. The third kappa shape index (κ3) is 6.77. The van der Waals surface area contributed by atoms with Gasteiger partial charge >= 0.3 is 0 Å². The second-order valence-corrected chi connectivity index (χ2v) is 10.0. The summed E-state index contributed by atoms with van der Waals surface area (Å²) >= 11 is 0. The van der Waals surface area contributed by atoms with E-state index in [1.165, 1.54) is 6.92 Å². The molecule has 1 saturated heterocycles. The van der Waals surface area contributed by atoms with E-state index in [-0.39, 0.29) is 30.6 Å². The van der Waals surface area contributed by atoms with Crippen LogP contribution >= 0.6 is 0 Å². The highest BCUT2D eigenvalue weighted by molar-refractivity contribution is 5.74. The summed E-state index contributed by atoms with van der Waals surface area (Å²) in [4.78, 5) is 13.6. The molecule has 38 heavy (non-hydrogen) atoms. The summed E-state index contributed by atoms with van der Waals surface area (Å²) in [5, 5.41) is 12.4. The summed E-state index contributed by atoms with van der Waals surface area (Å²) in [6, 6.07) is 24.3. The number of amides is 1. The van der Waals surface area contributed by atoms with E-state index >= 15 is 0 Å². The molecule has 1 fully saturated rings. The van der Waals surface area contributed by atoms with Crippen molar-refractivity contribution in [2.75, 3.05) is 20.1 Å². The number of nitrogens with one attached hydrogen (secondary N) is 1. The quantitative estimate of drug-likeness (QED) is 0.355. The summed E-state index contributed by atoms with van der Waals surface area (Å²) in [7, 11) is 2.07. The van der Waals surface area contributed by atoms with Crippen molar-refractivity contribution in [2.24, 2.45) is 5.92 Å². The molecule has 0 aromatic heterocycles. The monoisotopic (exact) mass is 514 g/mol. The molecule has 0 bridgehead atoms. The maximum absolute atomic E-state index is 11.4. The maximum atomic E-state index is 11.4. The second-order valence-electron chi connectivity index (χ2n) is 10.0. The molecule has 200 valence electrons. The van der Waals surface area contributed by atoms with E-state index in [0.29, 0.717) is 6.54 Å². The fourth-order valence-corrected chi connectivity index (χ4v) is 4.93. The molecule has 1 heterocycles. The van der Waals surface area contributed by atoms with Crippen molar-refractivity contribution < 1.29 is 19.4 Å². The summed E-state index contributed by atoms with van der Waals surface area (Å²) in [5.41, 5.74) is 6.11. The predicted octanol–water partition coefficient (Wildman–Crippen LogP) is 5.39. The number of likely N-dealkylation sites (N-methyl/N-ethyl adjacent to an activating group) is 1. The standard InChI is InChI=1S/C32H38N2O4/c1-5-18-34(4)20-30-22(2)31(26-12-10-24(21-35)11-13-26)38-32(37-30)27-16-14-25(15-17-27)29-9-7-6-8-28(29)19-33-23(3)36/h5-17,22,30-32,35H,1,18-21H2,2-4H3,(H,33,36). The number of rotatable bonds is 10. The molecule has 4 atom stereocenters. The van der Waals surface area contributed by atoms with Crippen molar-refractivity contribution in [3.8, 4) is 11.1 Å². The average Bonchev–Trinajstić information content (AvgIpc) is 2.93. The normalized spacial score (nSPS) is 21.3. The largest absolute Gasteiger partial charge is 0.392 e. The van der Waals surface area contributed by atoms with E-state index in [4.69, 9.17) is 9.47 Å². The number of carbonyl (C=O) groups is 1. The van der Waals surface area contributed by atoms with Gasteiger partial charge in [-0.25, -0.2) is 0 Å². The molecule has 2 N–H and O–H groups in total. The average molecular weight is 515 g/mol. The van der Waals surface area contributed by atoms with Crippen molar-refractivity contribution in [3.05, 3.63) is 108 Å². The fourth-order valence-electron chi connectivity index (χ4n) is 4.93. The van der Waals surface area contributed by atoms with Crippen LogP contribution in [0.15, 0.2) is 85.5 Å². The first-order valence-corrected chi connectivity index (χ1v) is 13.1. The van der Waals surface area contributed by atoms with Crippen molar-refractivity contribution in [1.29, 1.82) is 0 Å². The number of aliphatic hydroxyl groups is 1. The Balaban J connectivity index is 1.59. The second kappa shape index (κ2) is 13.0. The van der Waals surface area contributed by atoms with Gasteiger partial charge in [0.05, 0.1) is 18.8 Å². The van der Waals surface area contributed by atoms with Crippen LogP contribution in [0.25, 0.3) is 11.1 Å². The number of hydrogen-bond acceptors (Lipinski definition) is 5. The lowest BCUT2D eigenvalue weighted by Crippen LogP contribution is -2.43. The molecule has 3 aromatic rings. The Labute approximate surface area is 225 Å². The Kier molecular flexibility index (Phi) is 9.48. The molecule has 0 aliphatic carbocycles. The minimum atomic E-state index is -0.514. The van der Waals surface area contributed by atoms with Gasteiger partial charge < -0.3 is 24.8 Å². The molecule has 0 radical (unpaired) electrons. The zero-order chi connectivity index (χ0) is 27.1. The van der Waals surface area contributed by atoms with Crippen molar-refractivity contribution >= 4 is 5.91 Å². The van der Waals surface area contributed by atoms with Gasteiger partial charge in [-0.2, -0.15) is 0 Å². The van der Waals surface area contributed by atoms with Crippen LogP contribution in [0.4, 0.5) is 0 Å². The number of aliphatic hydroxyl groups excluding tert-OH is 1. The summed E-state index contributed by atoms with van der Waals surface area (Å²) in [6.07, 6.45) is 1.19. The van der Waals surface area contributed by atoms with E-state index in [1.807, 2.05) is 48.5 Å². The zero-order valence-corrected chi connectivity index (χ0v) is 22.5.